The van der Waals surface area contributed by atoms with Gasteiger partial charge in [0.15, 0.2) is 0 Å². The van der Waals surface area contributed by atoms with Crippen LogP contribution in [0.1, 0.15) is 65.0 Å². The number of phenolic OH excluding ortho intramolecular Hbond substituents is 1. The fraction of sp³-hybridized carbons (Fsp3) is 0.462. The van der Waals surface area contributed by atoms with Crippen molar-refractivity contribution in [1.29, 1.82) is 0 Å². The number of rotatable bonds is 6. The summed E-state index contributed by atoms with van der Waals surface area (Å²) in [6.07, 6.45) is -1.66. The molecule has 0 amide bonds. The van der Waals surface area contributed by atoms with Gasteiger partial charge in [-0.2, -0.15) is 13.2 Å². The van der Waals surface area contributed by atoms with E-state index in [4.69, 9.17) is 0 Å². The third-order valence-corrected chi connectivity index (χ3v) is 5.42. The molecule has 176 valence electrons. The zero-order valence-electron chi connectivity index (χ0n) is 19.6. The second-order valence-corrected chi connectivity index (χ2v) is 8.18. The van der Waals surface area contributed by atoms with Crippen molar-refractivity contribution in [3.63, 3.8) is 0 Å². The number of fused-ring (bicyclic) bond motifs is 1. The lowest BCUT2D eigenvalue weighted by Gasteiger charge is -2.22. The van der Waals surface area contributed by atoms with Crippen LogP contribution >= 0.6 is 0 Å². The summed E-state index contributed by atoms with van der Waals surface area (Å²) in [6.45, 7) is 11.2. The number of hydrogen-bond donors (Lipinski definition) is 3. The summed E-state index contributed by atoms with van der Waals surface area (Å²) in [5.41, 5.74) is 1.27. The first-order valence-electron chi connectivity index (χ1n) is 11.4. The Morgan fingerprint density at radius 2 is 1.72 bits per heavy atom. The van der Waals surface area contributed by atoms with Gasteiger partial charge < -0.3 is 15.7 Å². The second kappa shape index (κ2) is 11.3. The highest BCUT2D eigenvalue weighted by molar-refractivity contribution is 5.70. The highest BCUT2D eigenvalue weighted by Gasteiger charge is 2.31. The van der Waals surface area contributed by atoms with E-state index < -0.39 is 11.7 Å². The third-order valence-electron chi connectivity index (χ3n) is 5.42. The lowest BCUT2D eigenvalue weighted by molar-refractivity contribution is -0.137. The van der Waals surface area contributed by atoms with Gasteiger partial charge in [-0.15, -0.1) is 0 Å². The summed E-state index contributed by atoms with van der Waals surface area (Å²) in [5.74, 6) is 0.193. The second-order valence-electron chi connectivity index (χ2n) is 8.18. The predicted octanol–water partition coefficient (Wildman–Crippen LogP) is 5.11. The van der Waals surface area contributed by atoms with Crippen molar-refractivity contribution in [1.82, 2.24) is 10.6 Å². The molecular formula is C26H35F3N2O. The monoisotopic (exact) mass is 448 g/mol. The summed E-state index contributed by atoms with van der Waals surface area (Å²) in [7, 11) is 0. The van der Waals surface area contributed by atoms with Crippen LogP contribution in [-0.4, -0.2) is 17.7 Å². The summed E-state index contributed by atoms with van der Waals surface area (Å²) >= 11 is 0. The molecular weight excluding hydrogens is 413 g/mol. The number of aromatic hydroxyl groups is 1. The summed E-state index contributed by atoms with van der Waals surface area (Å²) < 4.78 is 39.0. The average molecular weight is 449 g/mol. The maximum absolute atomic E-state index is 13.0. The molecule has 0 saturated carbocycles. The van der Waals surface area contributed by atoms with Crippen molar-refractivity contribution in [3.05, 3.63) is 64.0 Å². The molecule has 2 aromatic rings. The van der Waals surface area contributed by atoms with E-state index in [-0.39, 0.29) is 5.75 Å². The van der Waals surface area contributed by atoms with Crippen molar-refractivity contribution >= 4 is 11.4 Å². The summed E-state index contributed by atoms with van der Waals surface area (Å²) in [4.78, 5) is 0. The molecule has 1 unspecified atom stereocenters. The van der Waals surface area contributed by atoms with Crippen LogP contribution in [-0.2, 0) is 6.18 Å². The molecule has 1 aliphatic rings. The van der Waals surface area contributed by atoms with Crippen LogP contribution in [0.25, 0.3) is 11.4 Å². The van der Waals surface area contributed by atoms with Crippen molar-refractivity contribution in [2.75, 3.05) is 6.54 Å². The highest BCUT2D eigenvalue weighted by atomic mass is 19.4. The standard InChI is InChI=1S/C24H29F3N2O.C2H6/c1-4-17(13-15(2)3)29-21-11-12-28-23(19-8-6-5-7-18(19)21)20-10-9-16(14-22(20)30)24(25,26)27;1-2/h5-10,14-15,17,28-30H,4,11-13H2,1-3H3;1-2H3. The molecule has 2 aromatic carbocycles. The van der Waals surface area contributed by atoms with Crippen molar-refractivity contribution in [2.24, 2.45) is 5.92 Å². The molecule has 0 spiro atoms. The van der Waals surface area contributed by atoms with Gasteiger partial charge in [-0.3, -0.25) is 0 Å². The van der Waals surface area contributed by atoms with Gasteiger partial charge >= 0.3 is 6.18 Å². The largest absolute Gasteiger partial charge is 0.507 e. The van der Waals surface area contributed by atoms with E-state index in [1.165, 1.54) is 6.07 Å². The Balaban J connectivity index is 0.00000176. The Morgan fingerprint density at radius 3 is 2.28 bits per heavy atom. The van der Waals surface area contributed by atoms with Crippen LogP contribution < -0.4 is 21.1 Å². The topological polar surface area (TPSA) is 44.3 Å². The van der Waals surface area contributed by atoms with Gasteiger partial charge in [-0.1, -0.05) is 58.9 Å². The molecule has 0 fully saturated rings. The third kappa shape index (κ3) is 6.21. The quantitative estimate of drug-likeness (QED) is 0.576. The van der Waals surface area contributed by atoms with E-state index in [0.29, 0.717) is 29.8 Å². The SMILES string of the molecule is CC.CCC(CC(C)C)NC1=c2ccccc2=C(c2ccc(C(F)(F)F)cc2O)NCC1. The Bertz CT molecular complexity index is 1010. The number of nitrogens with one attached hydrogen (secondary N) is 2. The fourth-order valence-electron chi connectivity index (χ4n) is 3.96. The van der Waals surface area contributed by atoms with Crippen molar-refractivity contribution < 1.29 is 18.3 Å². The van der Waals surface area contributed by atoms with E-state index in [9.17, 15) is 18.3 Å². The zero-order valence-corrected chi connectivity index (χ0v) is 19.6. The minimum absolute atomic E-state index is 0.356. The van der Waals surface area contributed by atoms with E-state index in [1.807, 2.05) is 38.1 Å². The van der Waals surface area contributed by atoms with E-state index in [2.05, 4.69) is 31.4 Å². The van der Waals surface area contributed by atoms with Crippen LogP contribution in [0.5, 0.6) is 5.75 Å². The Kier molecular flexibility index (Phi) is 9.05. The first kappa shape index (κ1) is 25.6. The van der Waals surface area contributed by atoms with Gasteiger partial charge in [-0.25, -0.2) is 0 Å². The molecule has 0 radical (unpaired) electrons. The number of halogens is 3. The van der Waals surface area contributed by atoms with Gasteiger partial charge in [0.05, 0.1) is 11.3 Å². The summed E-state index contributed by atoms with van der Waals surface area (Å²) in [5, 5.41) is 19.3. The zero-order chi connectivity index (χ0) is 23.9. The molecule has 1 heterocycles. The molecule has 0 aromatic heterocycles. The van der Waals surface area contributed by atoms with E-state index in [1.54, 1.807) is 0 Å². The van der Waals surface area contributed by atoms with Gasteiger partial charge in [-0.05, 0) is 37.0 Å². The molecule has 0 bridgehead atoms. The smallest absolute Gasteiger partial charge is 0.416 e. The first-order valence-corrected chi connectivity index (χ1v) is 11.4. The molecule has 0 aliphatic carbocycles. The Hall–Kier alpha value is -2.63. The molecule has 1 atom stereocenters. The number of phenols is 1. The molecule has 3 N–H and O–H groups in total. The normalized spacial score (nSPS) is 14.7. The van der Waals surface area contributed by atoms with Crippen LogP contribution in [0, 0.1) is 5.92 Å². The first-order chi connectivity index (χ1) is 15.2. The van der Waals surface area contributed by atoms with Crippen LogP contribution in [0.2, 0.25) is 0 Å². The minimum Gasteiger partial charge on any atom is -0.507 e. The molecule has 3 nitrogen and oxygen atoms in total. The van der Waals surface area contributed by atoms with E-state index >= 15 is 0 Å². The van der Waals surface area contributed by atoms with E-state index in [0.717, 1.165) is 47.5 Å². The van der Waals surface area contributed by atoms with Gasteiger partial charge in [0, 0.05) is 40.7 Å². The van der Waals surface area contributed by atoms with Crippen LogP contribution in [0.4, 0.5) is 13.2 Å². The molecule has 3 rings (SSSR count). The fourth-order valence-corrected chi connectivity index (χ4v) is 3.96. The Labute approximate surface area is 189 Å². The van der Waals surface area contributed by atoms with Gasteiger partial charge in [0.25, 0.3) is 0 Å². The maximum Gasteiger partial charge on any atom is 0.416 e. The average Bonchev–Trinajstić information content (AvgIpc) is 2.93. The number of benzene rings is 2. The van der Waals surface area contributed by atoms with Crippen LogP contribution in [0.15, 0.2) is 42.5 Å². The maximum atomic E-state index is 13.0. The van der Waals surface area contributed by atoms with Gasteiger partial charge in [0.1, 0.15) is 5.75 Å². The predicted molar refractivity (Wildman–Crippen MR) is 125 cm³/mol. The number of alkyl halides is 3. The number of hydrogen-bond acceptors (Lipinski definition) is 3. The van der Waals surface area contributed by atoms with Crippen molar-refractivity contribution in [2.45, 2.75) is 66.1 Å². The van der Waals surface area contributed by atoms with Gasteiger partial charge in [0.2, 0.25) is 0 Å². The molecule has 1 aliphatic heterocycles. The molecule has 32 heavy (non-hydrogen) atoms. The van der Waals surface area contributed by atoms with Crippen LogP contribution in [0.3, 0.4) is 0 Å². The lowest BCUT2D eigenvalue weighted by Crippen LogP contribution is -2.37. The summed E-state index contributed by atoms with van der Waals surface area (Å²) in [6, 6.07) is 11.3. The van der Waals surface area contributed by atoms with Crippen molar-refractivity contribution in [3.8, 4) is 5.75 Å². The lowest BCUT2D eigenvalue weighted by atomic mass is 10.0. The highest BCUT2D eigenvalue weighted by Crippen LogP contribution is 2.34. The minimum atomic E-state index is -4.49. The molecule has 0 saturated heterocycles. The molecule has 6 heteroatoms. The Morgan fingerprint density at radius 1 is 1.06 bits per heavy atom.